The molecule has 0 bridgehead atoms. The van der Waals surface area contributed by atoms with Crippen LogP contribution in [0.2, 0.25) is 0 Å². The smallest absolute Gasteiger partial charge is 0.323 e. The van der Waals surface area contributed by atoms with E-state index in [1.165, 1.54) is 4.31 Å². The Labute approximate surface area is 90.1 Å². The third-order valence-corrected chi connectivity index (χ3v) is 3.79. The van der Waals surface area contributed by atoms with E-state index in [0.717, 1.165) is 5.56 Å². The van der Waals surface area contributed by atoms with E-state index in [0.29, 0.717) is 11.4 Å². The zero-order chi connectivity index (χ0) is 11.0. The SMILES string of the molecule is Cc1ccc(S(=O)N2CC2C(=O)O)cc1. The normalized spacial score (nSPS) is 25.9. The van der Waals surface area contributed by atoms with E-state index in [-0.39, 0.29) is 0 Å². The standard InChI is InChI=1S/C10H11NO3S/c1-7-2-4-8(5-3-7)15(14)11-6-9(11)10(12)13/h2-5,9H,6H2,1H3,(H,12,13). The first-order valence-corrected chi connectivity index (χ1v) is 5.68. The van der Waals surface area contributed by atoms with Gasteiger partial charge in [-0.15, -0.1) is 0 Å². The van der Waals surface area contributed by atoms with Crippen LogP contribution in [0.25, 0.3) is 0 Å². The lowest BCUT2D eigenvalue weighted by Crippen LogP contribution is -2.14. The van der Waals surface area contributed by atoms with E-state index in [9.17, 15) is 9.00 Å². The van der Waals surface area contributed by atoms with Crippen molar-refractivity contribution in [2.45, 2.75) is 17.9 Å². The predicted octanol–water partition coefficient (Wildman–Crippen LogP) is 0.786. The molecule has 1 heterocycles. The Morgan fingerprint density at radius 3 is 2.53 bits per heavy atom. The molecule has 1 aromatic rings. The second-order valence-electron chi connectivity index (χ2n) is 3.52. The van der Waals surface area contributed by atoms with Gasteiger partial charge in [0.05, 0.1) is 4.90 Å². The van der Waals surface area contributed by atoms with Gasteiger partial charge in [0.1, 0.15) is 17.0 Å². The first-order chi connectivity index (χ1) is 7.09. The molecule has 0 aromatic heterocycles. The molecule has 0 saturated carbocycles. The Kier molecular flexibility index (Phi) is 2.58. The average molecular weight is 225 g/mol. The summed E-state index contributed by atoms with van der Waals surface area (Å²) in [5.74, 6) is -0.907. The Morgan fingerprint density at radius 1 is 1.47 bits per heavy atom. The number of carboxylic acid groups (broad SMARTS) is 1. The van der Waals surface area contributed by atoms with Crippen molar-refractivity contribution >= 4 is 17.0 Å². The number of benzene rings is 1. The highest BCUT2D eigenvalue weighted by Crippen LogP contribution is 2.24. The van der Waals surface area contributed by atoms with Gasteiger partial charge in [0, 0.05) is 6.54 Å². The van der Waals surface area contributed by atoms with Crippen LogP contribution in [0.1, 0.15) is 5.56 Å². The predicted molar refractivity (Wildman–Crippen MR) is 55.7 cm³/mol. The van der Waals surface area contributed by atoms with E-state index in [1.54, 1.807) is 12.1 Å². The Hall–Kier alpha value is -1.20. The van der Waals surface area contributed by atoms with Crippen LogP contribution < -0.4 is 0 Å². The summed E-state index contributed by atoms with van der Waals surface area (Å²) in [7, 11) is -1.33. The third-order valence-electron chi connectivity index (χ3n) is 2.29. The molecule has 1 aliphatic rings. The summed E-state index contributed by atoms with van der Waals surface area (Å²) in [6.07, 6.45) is 0. The molecule has 1 aromatic carbocycles. The lowest BCUT2D eigenvalue weighted by atomic mass is 10.2. The summed E-state index contributed by atoms with van der Waals surface area (Å²) in [5, 5.41) is 8.69. The molecule has 0 radical (unpaired) electrons. The van der Waals surface area contributed by atoms with Gasteiger partial charge in [0.2, 0.25) is 0 Å². The van der Waals surface area contributed by atoms with Crippen molar-refractivity contribution in [3.05, 3.63) is 29.8 Å². The van der Waals surface area contributed by atoms with Crippen LogP contribution >= 0.6 is 0 Å². The zero-order valence-corrected chi connectivity index (χ0v) is 9.03. The number of hydrogen-bond donors (Lipinski definition) is 1. The quantitative estimate of drug-likeness (QED) is 0.774. The van der Waals surface area contributed by atoms with Gasteiger partial charge in [-0.05, 0) is 19.1 Å². The maximum atomic E-state index is 11.8. The summed E-state index contributed by atoms with van der Waals surface area (Å²) >= 11 is 0. The van der Waals surface area contributed by atoms with Gasteiger partial charge in [-0.1, -0.05) is 17.7 Å². The van der Waals surface area contributed by atoms with Gasteiger partial charge in [0.15, 0.2) is 0 Å². The lowest BCUT2D eigenvalue weighted by Gasteiger charge is -2.02. The fraction of sp³-hybridized carbons (Fsp3) is 0.300. The van der Waals surface area contributed by atoms with E-state index < -0.39 is 23.0 Å². The maximum Gasteiger partial charge on any atom is 0.323 e. The zero-order valence-electron chi connectivity index (χ0n) is 8.21. The van der Waals surface area contributed by atoms with Gasteiger partial charge in [-0.2, -0.15) is 0 Å². The molecular weight excluding hydrogens is 214 g/mol. The van der Waals surface area contributed by atoms with E-state index in [1.807, 2.05) is 19.1 Å². The molecule has 3 atom stereocenters. The van der Waals surface area contributed by atoms with Gasteiger partial charge in [-0.3, -0.25) is 4.79 Å². The largest absolute Gasteiger partial charge is 0.480 e. The Morgan fingerprint density at radius 2 is 2.07 bits per heavy atom. The number of aryl methyl sites for hydroxylation is 1. The molecule has 80 valence electrons. The maximum absolute atomic E-state index is 11.8. The van der Waals surface area contributed by atoms with Crippen molar-refractivity contribution < 1.29 is 14.1 Å². The number of rotatable bonds is 3. The lowest BCUT2D eigenvalue weighted by molar-refractivity contribution is -0.136. The average Bonchev–Trinajstić information content (AvgIpc) is 2.97. The van der Waals surface area contributed by atoms with Crippen molar-refractivity contribution in [1.29, 1.82) is 0 Å². The minimum atomic E-state index is -1.33. The number of aliphatic carboxylic acids is 1. The van der Waals surface area contributed by atoms with Crippen molar-refractivity contribution in [2.24, 2.45) is 0 Å². The van der Waals surface area contributed by atoms with Gasteiger partial charge in [-0.25, -0.2) is 8.51 Å². The van der Waals surface area contributed by atoms with Crippen LogP contribution in [0.3, 0.4) is 0 Å². The third kappa shape index (κ3) is 2.08. The second kappa shape index (κ2) is 3.75. The van der Waals surface area contributed by atoms with Gasteiger partial charge < -0.3 is 5.11 Å². The summed E-state index contributed by atoms with van der Waals surface area (Å²) in [5.41, 5.74) is 1.09. The van der Waals surface area contributed by atoms with Gasteiger partial charge >= 0.3 is 5.97 Å². The van der Waals surface area contributed by atoms with E-state index in [4.69, 9.17) is 5.11 Å². The highest BCUT2D eigenvalue weighted by Gasteiger charge is 2.45. The molecule has 1 fully saturated rings. The highest BCUT2D eigenvalue weighted by atomic mass is 32.2. The number of nitrogens with zero attached hydrogens (tertiary/aromatic N) is 1. The van der Waals surface area contributed by atoms with Crippen LogP contribution in [0, 0.1) is 6.92 Å². The summed E-state index contributed by atoms with van der Waals surface area (Å²) < 4.78 is 13.3. The molecule has 1 aliphatic heterocycles. The van der Waals surface area contributed by atoms with Crippen LogP contribution in [-0.2, 0) is 15.8 Å². The summed E-state index contributed by atoms with van der Waals surface area (Å²) in [4.78, 5) is 11.2. The van der Waals surface area contributed by atoms with Crippen LogP contribution in [0.15, 0.2) is 29.2 Å². The Balaban J connectivity index is 2.10. The summed E-state index contributed by atoms with van der Waals surface area (Å²) in [6, 6.07) is 6.69. The number of carbonyl (C=O) groups is 1. The molecule has 3 unspecified atom stereocenters. The minimum absolute atomic E-state index is 0.371. The molecule has 1 N–H and O–H groups in total. The highest BCUT2D eigenvalue weighted by molar-refractivity contribution is 7.83. The molecule has 0 amide bonds. The summed E-state index contributed by atoms with van der Waals surface area (Å²) in [6.45, 7) is 2.32. The van der Waals surface area contributed by atoms with Crippen LogP contribution in [0.4, 0.5) is 0 Å². The van der Waals surface area contributed by atoms with E-state index in [2.05, 4.69) is 0 Å². The molecule has 5 heteroatoms. The van der Waals surface area contributed by atoms with Crippen molar-refractivity contribution in [1.82, 2.24) is 4.31 Å². The molecule has 2 rings (SSSR count). The first-order valence-electron chi connectivity index (χ1n) is 4.57. The molecule has 15 heavy (non-hydrogen) atoms. The van der Waals surface area contributed by atoms with Crippen molar-refractivity contribution in [2.75, 3.05) is 6.54 Å². The first kappa shape index (κ1) is 10.3. The molecular formula is C10H11NO3S. The van der Waals surface area contributed by atoms with Crippen molar-refractivity contribution in [3.8, 4) is 0 Å². The number of hydrogen-bond acceptors (Lipinski definition) is 2. The fourth-order valence-corrected chi connectivity index (χ4v) is 2.54. The molecule has 0 aliphatic carbocycles. The number of carboxylic acids is 1. The van der Waals surface area contributed by atoms with Crippen LogP contribution in [-0.4, -0.2) is 32.2 Å². The second-order valence-corrected chi connectivity index (χ2v) is 4.95. The van der Waals surface area contributed by atoms with Gasteiger partial charge in [0.25, 0.3) is 0 Å². The van der Waals surface area contributed by atoms with Crippen LogP contribution in [0.5, 0.6) is 0 Å². The topological polar surface area (TPSA) is 57.4 Å². The van der Waals surface area contributed by atoms with E-state index >= 15 is 0 Å². The minimum Gasteiger partial charge on any atom is -0.480 e. The molecule has 0 spiro atoms. The fourth-order valence-electron chi connectivity index (χ4n) is 1.30. The van der Waals surface area contributed by atoms with Crippen molar-refractivity contribution in [3.63, 3.8) is 0 Å². The molecule has 4 nitrogen and oxygen atoms in total. The Bertz CT molecular complexity index is 415. The monoisotopic (exact) mass is 225 g/mol. The molecule has 1 saturated heterocycles.